The Morgan fingerprint density at radius 3 is 2.42 bits per heavy atom. The number of nitrogens with one attached hydrogen (secondary N) is 3. The number of methoxy groups -OCH3 is 1. The topological polar surface area (TPSA) is 61.4 Å². The van der Waals surface area contributed by atoms with E-state index in [0.29, 0.717) is 0 Å². The summed E-state index contributed by atoms with van der Waals surface area (Å²) >= 11 is 0. The predicted octanol–water partition coefficient (Wildman–Crippen LogP) is 3.13. The number of nitrogens with zero attached hydrogens (tertiary/aromatic N) is 1. The fourth-order valence-corrected chi connectivity index (χ4v) is 3.10. The van der Waals surface area contributed by atoms with Crippen molar-refractivity contribution >= 4 is 16.9 Å². The molecule has 0 atom stereocenters. The molecule has 0 amide bonds. The van der Waals surface area contributed by atoms with Crippen molar-refractivity contribution in [2.24, 2.45) is 4.99 Å². The molecular formula is C21H26N4O. The first-order chi connectivity index (χ1) is 12.8. The fourth-order valence-electron chi connectivity index (χ4n) is 3.10. The smallest absolute Gasteiger partial charge is 0.190 e. The molecule has 0 saturated carbocycles. The Bertz CT molecular complexity index is 869. The van der Waals surface area contributed by atoms with Gasteiger partial charge < -0.3 is 20.4 Å². The first-order valence-electron chi connectivity index (χ1n) is 8.93. The number of aromatic nitrogens is 1. The van der Waals surface area contributed by atoms with E-state index in [2.05, 4.69) is 51.1 Å². The monoisotopic (exact) mass is 350 g/mol. The molecule has 3 rings (SSSR count). The SMILES string of the molecule is CN=C(NCCc1ccccc1OC)NCCc1c[nH]c2ccccc12. The second kappa shape index (κ2) is 8.94. The molecule has 2 aromatic carbocycles. The van der Waals surface area contributed by atoms with Crippen molar-refractivity contribution in [2.75, 3.05) is 27.2 Å². The van der Waals surface area contributed by atoms with Crippen LogP contribution in [-0.4, -0.2) is 38.2 Å². The molecule has 26 heavy (non-hydrogen) atoms. The van der Waals surface area contributed by atoms with Crippen LogP contribution in [0.5, 0.6) is 5.75 Å². The van der Waals surface area contributed by atoms with E-state index in [9.17, 15) is 0 Å². The lowest BCUT2D eigenvalue weighted by Crippen LogP contribution is -2.39. The lowest BCUT2D eigenvalue weighted by molar-refractivity contribution is 0.409. The third kappa shape index (κ3) is 4.36. The molecular weight excluding hydrogens is 324 g/mol. The lowest BCUT2D eigenvalue weighted by atomic mass is 10.1. The van der Waals surface area contributed by atoms with Crippen molar-refractivity contribution < 1.29 is 4.74 Å². The molecule has 1 aromatic heterocycles. The summed E-state index contributed by atoms with van der Waals surface area (Å²) in [5.41, 5.74) is 3.69. The third-order valence-electron chi connectivity index (χ3n) is 4.46. The zero-order valence-electron chi connectivity index (χ0n) is 15.4. The van der Waals surface area contributed by atoms with E-state index in [1.165, 1.54) is 22.0 Å². The molecule has 5 heteroatoms. The van der Waals surface area contributed by atoms with Crippen LogP contribution < -0.4 is 15.4 Å². The number of guanidine groups is 1. The van der Waals surface area contributed by atoms with E-state index in [-0.39, 0.29) is 0 Å². The average molecular weight is 350 g/mol. The van der Waals surface area contributed by atoms with Gasteiger partial charge in [0.25, 0.3) is 0 Å². The summed E-state index contributed by atoms with van der Waals surface area (Å²) in [5.74, 6) is 1.75. The van der Waals surface area contributed by atoms with Gasteiger partial charge in [0.05, 0.1) is 7.11 Å². The standard InChI is InChI=1S/C21H26N4O/c1-22-21(23-13-11-16-7-3-6-10-20(16)26-2)24-14-12-17-15-25-19-9-5-4-8-18(17)19/h3-10,15,25H,11-14H2,1-2H3,(H2,22,23,24). The van der Waals surface area contributed by atoms with Crippen LogP contribution in [0.25, 0.3) is 10.9 Å². The number of rotatable bonds is 7. The molecule has 0 bridgehead atoms. The highest BCUT2D eigenvalue weighted by atomic mass is 16.5. The second-order valence-corrected chi connectivity index (χ2v) is 6.10. The van der Waals surface area contributed by atoms with Crippen LogP contribution in [0.1, 0.15) is 11.1 Å². The van der Waals surface area contributed by atoms with E-state index >= 15 is 0 Å². The van der Waals surface area contributed by atoms with Gasteiger partial charge in [0.15, 0.2) is 5.96 Å². The first kappa shape index (κ1) is 17.9. The number of hydrogen-bond donors (Lipinski definition) is 3. The number of aromatic amines is 1. The Morgan fingerprint density at radius 1 is 0.962 bits per heavy atom. The van der Waals surface area contributed by atoms with Gasteiger partial charge in [-0.15, -0.1) is 0 Å². The Kier molecular flexibility index (Phi) is 6.14. The lowest BCUT2D eigenvalue weighted by Gasteiger charge is -2.13. The minimum atomic E-state index is 0.799. The largest absolute Gasteiger partial charge is 0.496 e. The maximum absolute atomic E-state index is 5.39. The van der Waals surface area contributed by atoms with Gasteiger partial charge in [0, 0.05) is 37.2 Å². The van der Waals surface area contributed by atoms with Crippen LogP contribution in [0.15, 0.2) is 59.7 Å². The molecule has 0 fully saturated rings. The van der Waals surface area contributed by atoms with Crippen molar-refractivity contribution in [1.29, 1.82) is 0 Å². The number of ether oxygens (including phenoxy) is 1. The zero-order valence-corrected chi connectivity index (χ0v) is 15.4. The van der Waals surface area contributed by atoms with Crippen LogP contribution in [0, 0.1) is 0 Å². The molecule has 136 valence electrons. The normalized spacial score (nSPS) is 11.5. The third-order valence-corrected chi connectivity index (χ3v) is 4.46. The summed E-state index contributed by atoms with van der Waals surface area (Å²) in [6.07, 6.45) is 3.91. The molecule has 0 spiro atoms. The summed E-state index contributed by atoms with van der Waals surface area (Å²) in [4.78, 5) is 7.62. The van der Waals surface area contributed by atoms with Gasteiger partial charge in [-0.3, -0.25) is 4.99 Å². The van der Waals surface area contributed by atoms with E-state index in [4.69, 9.17) is 4.74 Å². The van der Waals surface area contributed by atoms with Crippen molar-refractivity contribution in [3.05, 3.63) is 65.9 Å². The minimum absolute atomic E-state index is 0.799. The summed E-state index contributed by atoms with van der Waals surface area (Å²) in [5, 5.41) is 8.03. The minimum Gasteiger partial charge on any atom is -0.496 e. The maximum Gasteiger partial charge on any atom is 0.190 e. The van der Waals surface area contributed by atoms with Gasteiger partial charge in [-0.2, -0.15) is 0 Å². The van der Waals surface area contributed by atoms with Gasteiger partial charge >= 0.3 is 0 Å². The quantitative estimate of drug-likeness (QED) is 0.453. The fraction of sp³-hybridized carbons (Fsp3) is 0.286. The van der Waals surface area contributed by atoms with Crippen molar-refractivity contribution in [3.63, 3.8) is 0 Å². The summed E-state index contributed by atoms with van der Waals surface area (Å²) < 4.78 is 5.39. The van der Waals surface area contributed by atoms with Crippen LogP contribution >= 0.6 is 0 Å². The van der Waals surface area contributed by atoms with Crippen LogP contribution in [-0.2, 0) is 12.8 Å². The molecule has 0 unspecified atom stereocenters. The van der Waals surface area contributed by atoms with E-state index in [0.717, 1.165) is 37.6 Å². The Morgan fingerprint density at radius 2 is 1.65 bits per heavy atom. The Labute approximate surface area is 154 Å². The molecule has 3 N–H and O–H groups in total. The number of aliphatic imine (C=N–C) groups is 1. The Balaban J connectivity index is 1.46. The molecule has 0 aliphatic carbocycles. The van der Waals surface area contributed by atoms with Crippen LogP contribution in [0.2, 0.25) is 0 Å². The molecule has 0 aliphatic heterocycles. The summed E-state index contributed by atoms with van der Waals surface area (Å²) in [6, 6.07) is 16.5. The van der Waals surface area contributed by atoms with Gasteiger partial charge in [-0.1, -0.05) is 36.4 Å². The average Bonchev–Trinajstić information content (AvgIpc) is 3.10. The number of H-pyrrole nitrogens is 1. The van der Waals surface area contributed by atoms with Crippen LogP contribution in [0.3, 0.4) is 0 Å². The van der Waals surface area contributed by atoms with Gasteiger partial charge in [0.2, 0.25) is 0 Å². The maximum atomic E-state index is 5.39. The predicted molar refractivity (Wildman–Crippen MR) is 108 cm³/mol. The first-order valence-corrected chi connectivity index (χ1v) is 8.93. The molecule has 5 nitrogen and oxygen atoms in total. The summed E-state index contributed by atoms with van der Waals surface area (Å²) in [6.45, 7) is 1.63. The van der Waals surface area contributed by atoms with Gasteiger partial charge in [-0.25, -0.2) is 0 Å². The molecule has 0 aliphatic rings. The molecule has 0 radical (unpaired) electrons. The Hall–Kier alpha value is -2.95. The number of para-hydroxylation sites is 2. The highest BCUT2D eigenvalue weighted by Gasteiger charge is 2.05. The van der Waals surface area contributed by atoms with Gasteiger partial charge in [0.1, 0.15) is 5.75 Å². The summed E-state index contributed by atoms with van der Waals surface area (Å²) in [7, 11) is 3.50. The number of benzene rings is 2. The van der Waals surface area contributed by atoms with Crippen molar-refractivity contribution in [2.45, 2.75) is 12.8 Å². The van der Waals surface area contributed by atoms with Crippen molar-refractivity contribution in [1.82, 2.24) is 15.6 Å². The van der Waals surface area contributed by atoms with Crippen molar-refractivity contribution in [3.8, 4) is 5.75 Å². The number of hydrogen-bond acceptors (Lipinski definition) is 2. The second-order valence-electron chi connectivity index (χ2n) is 6.10. The van der Waals surface area contributed by atoms with E-state index in [1.807, 2.05) is 24.3 Å². The molecule has 0 saturated heterocycles. The molecule has 3 aromatic rings. The van der Waals surface area contributed by atoms with E-state index < -0.39 is 0 Å². The zero-order chi connectivity index (χ0) is 18.2. The van der Waals surface area contributed by atoms with Crippen LogP contribution in [0.4, 0.5) is 0 Å². The number of fused-ring (bicyclic) bond motifs is 1. The molecule has 1 heterocycles. The van der Waals surface area contributed by atoms with E-state index in [1.54, 1.807) is 14.2 Å². The van der Waals surface area contributed by atoms with Gasteiger partial charge in [-0.05, 0) is 36.1 Å². The highest BCUT2D eigenvalue weighted by molar-refractivity contribution is 5.83. The highest BCUT2D eigenvalue weighted by Crippen LogP contribution is 2.18.